The molecular formula is C16H27NO4S. The number of hydrogen-bond acceptors (Lipinski definition) is 5. The predicted octanol–water partition coefficient (Wildman–Crippen LogP) is 3.30. The fourth-order valence-electron chi connectivity index (χ4n) is 1.86. The van der Waals surface area contributed by atoms with Crippen LogP contribution in [0.1, 0.15) is 55.4 Å². The second-order valence-electron chi connectivity index (χ2n) is 7.12. The molecule has 1 rings (SSSR count). The minimum atomic E-state index is -1.09. The molecule has 1 heterocycles. The number of ether oxygens (including phenoxy) is 2. The molecule has 0 fully saturated rings. The summed E-state index contributed by atoms with van der Waals surface area (Å²) >= 11 is 1.45. The minimum absolute atomic E-state index is 0.0546. The molecule has 0 saturated heterocycles. The van der Waals surface area contributed by atoms with E-state index in [1.165, 1.54) is 16.7 Å². The van der Waals surface area contributed by atoms with E-state index in [0.29, 0.717) is 10.7 Å². The summed E-state index contributed by atoms with van der Waals surface area (Å²) in [5.74, 6) is -0.0105. The van der Waals surface area contributed by atoms with Crippen molar-refractivity contribution >= 4 is 23.6 Å². The first kappa shape index (κ1) is 18.9. The quantitative estimate of drug-likeness (QED) is 0.741. The highest BCUT2D eigenvalue weighted by atomic mass is 32.2. The molecule has 0 saturated carbocycles. The Morgan fingerprint density at radius 2 is 1.82 bits per heavy atom. The van der Waals surface area contributed by atoms with E-state index in [9.17, 15) is 9.59 Å². The molecule has 126 valence electrons. The van der Waals surface area contributed by atoms with Crippen LogP contribution in [0.15, 0.2) is 10.7 Å². The third-order valence-corrected chi connectivity index (χ3v) is 4.27. The number of amides is 1. The van der Waals surface area contributed by atoms with Gasteiger partial charge in [0.1, 0.15) is 21.8 Å². The maximum Gasteiger partial charge on any atom is 0.332 e. The summed E-state index contributed by atoms with van der Waals surface area (Å²) in [5, 5.41) is 0.252. The second kappa shape index (κ2) is 6.52. The number of allylic oxidation sites excluding steroid dienone is 1. The summed E-state index contributed by atoms with van der Waals surface area (Å²) in [7, 11) is 0. The predicted molar refractivity (Wildman–Crippen MR) is 88.1 cm³/mol. The molecule has 6 heteroatoms. The summed E-state index contributed by atoms with van der Waals surface area (Å²) < 4.78 is 11.0. The van der Waals surface area contributed by atoms with Gasteiger partial charge in [0.05, 0.1) is 0 Å². The van der Waals surface area contributed by atoms with Crippen LogP contribution < -0.4 is 0 Å². The SMILES string of the molecule is CC1=C(SC(C)C)C(=O)N(C(C)(C)C(=O)OC(C)(C)C)CO1. The van der Waals surface area contributed by atoms with Gasteiger partial charge in [-0.25, -0.2) is 4.79 Å². The first-order valence-electron chi connectivity index (χ1n) is 7.42. The fourth-order valence-corrected chi connectivity index (χ4v) is 2.76. The fraction of sp³-hybridized carbons (Fsp3) is 0.750. The Hall–Kier alpha value is -1.17. The average molecular weight is 329 g/mol. The molecule has 0 unspecified atom stereocenters. The van der Waals surface area contributed by atoms with Gasteiger partial charge in [-0.1, -0.05) is 13.8 Å². The summed E-state index contributed by atoms with van der Waals surface area (Å²) in [6, 6.07) is 0. The van der Waals surface area contributed by atoms with E-state index < -0.39 is 17.1 Å². The number of nitrogens with zero attached hydrogens (tertiary/aromatic N) is 1. The monoisotopic (exact) mass is 329 g/mol. The van der Waals surface area contributed by atoms with Gasteiger partial charge in [0.25, 0.3) is 5.91 Å². The van der Waals surface area contributed by atoms with Crippen molar-refractivity contribution in [2.45, 2.75) is 71.8 Å². The highest BCUT2D eigenvalue weighted by Gasteiger charge is 2.44. The van der Waals surface area contributed by atoms with Crippen LogP contribution in [0.4, 0.5) is 0 Å². The molecule has 1 amide bonds. The molecule has 0 atom stereocenters. The van der Waals surface area contributed by atoms with Gasteiger partial charge >= 0.3 is 5.97 Å². The van der Waals surface area contributed by atoms with Crippen molar-refractivity contribution in [1.29, 1.82) is 0 Å². The van der Waals surface area contributed by atoms with Gasteiger partial charge in [-0.15, -0.1) is 11.8 Å². The molecule has 22 heavy (non-hydrogen) atoms. The Morgan fingerprint density at radius 1 is 1.27 bits per heavy atom. The van der Waals surface area contributed by atoms with E-state index in [1.807, 2.05) is 13.8 Å². The maximum absolute atomic E-state index is 12.7. The normalized spacial score (nSPS) is 17.0. The minimum Gasteiger partial charge on any atom is -0.476 e. The van der Waals surface area contributed by atoms with Crippen molar-refractivity contribution in [3.63, 3.8) is 0 Å². The average Bonchev–Trinajstić information content (AvgIpc) is 2.31. The number of carbonyl (C=O) groups is 2. The van der Waals surface area contributed by atoms with E-state index in [0.717, 1.165) is 0 Å². The third-order valence-electron chi connectivity index (χ3n) is 3.10. The Labute approximate surface area is 137 Å². The van der Waals surface area contributed by atoms with Gasteiger partial charge in [-0.3, -0.25) is 9.69 Å². The molecule has 0 spiro atoms. The lowest BCUT2D eigenvalue weighted by Gasteiger charge is -2.40. The van der Waals surface area contributed by atoms with E-state index in [2.05, 4.69) is 0 Å². The Bertz CT molecular complexity index is 489. The lowest BCUT2D eigenvalue weighted by atomic mass is 10.0. The van der Waals surface area contributed by atoms with Gasteiger partial charge in [0.15, 0.2) is 6.73 Å². The zero-order valence-corrected chi connectivity index (χ0v) is 15.6. The second-order valence-corrected chi connectivity index (χ2v) is 8.71. The van der Waals surface area contributed by atoms with Gasteiger partial charge in [-0.2, -0.15) is 0 Å². The van der Waals surface area contributed by atoms with E-state index in [-0.39, 0.29) is 17.9 Å². The van der Waals surface area contributed by atoms with E-state index in [1.54, 1.807) is 41.5 Å². The Balaban J connectivity index is 3.02. The maximum atomic E-state index is 12.7. The zero-order chi connectivity index (χ0) is 17.3. The molecule has 0 aliphatic carbocycles. The first-order valence-corrected chi connectivity index (χ1v) is 8.30. The van der Waals surface area contributed by atoms with Crippen LogP contribution in [0.2, 0.25) is 0 Å². The third kappa shape index (κ3) is 4.41. The van der Waals surface area contributed by atoms with Crippen LogP contribution in [0, 0.1) is 0 Å². The van der Waals surface area contributed by atoms with Gasteiger partial charge in [0.2, 0.25) is 0 Å². The van der Waals surface area contributed by atoms with Crippen molar-refractivity contribution in [2.24, 2.45) is 0 Å². The van der Waals surface area contributed by atoms with Crippen molar-refractivity contribution in [3.05, 3.63) is 10.7 Å². The summed E-state index contributed by atoms with van der Waals surface area (Å²) in [6.45, 7) is 14.6. The van der Waals surface area contributed by atoms with Crippen LogP contribution >= 0.6 is 11.8 Å². The topological polar surface area (TPSA) is 55.8 Å². The van der Waals surface area contributed by atoms with Crippen LogP contribution in [-0.2, 0) is 19.1 Å². The number of esters is 1. The molecule has 0 N–H and O–H groups in total. The van der Waals surface area contributed by atoms with Crippen molar-refractivity contribution < 1.29 is 19.1 Å². The lowest BCUT2D eigenvalue weighted by Crippen LogP contribution is -2.57. The van der Waals surface area contributed by atoms with Crippen molar-refractivity contribution in [3.8, 4) is 0 Å². The number of rotatable bonds is 4. The number of thioether (sulfide) groups is 1. The molecular weight excluding hydrogens is 302 g/mol. The summed E-state index contributed by atoms with van der Waals surface area (Å²) in [5.41, 5.74) is -1.69. The van der Waals surface area contributed by atoms with Gasteiger partial charge in [0, 0.05) is 5.25 Å². The van der Waals surface area contributed by atoms with Crippen LogP contribution in [0.3, 0.4) is 0 Å². The molecule has 0 aromatic carbocycles. The summed E-state index contributed by atoms with van der Waals surface area (Å²) in [4.78, 5) is 27.2. The van der Waals surface area contributed by atoms with Gasteiger partial charge in [-0.05, 0) is 41.5 Å². The van der Waals surface area contributed by atoms with Crippen molar-refractivity contribution in [1.82, 2.24) is 4.90 Å². The smallest absolute Gasteiger partial charge is 0.332 e. The molecule has 5 nitrogen and oxygen atoms in total. The van der Waals surface area contributed by atoms with Crippen LogP contribution in [0.5, 0.6) is 0 Å². The largest absolute Gasteiger partial charge is 0.476 e. The van der Waals surface area contributed by atoms with Crippen molar-refractivity contribution in [2.75, 3.05) is 6.73 Å². The van der Waals surface area contributed by atoms with E-state index in [4.69, 9.17) is 9.47 Å². The van der Waals surface area contributed by atoms with Crippen LogP contribution in [0.25, 0.3) is 0 Å². The Kier molecular flexibility index (Phi) is 5.60. The Morgan fingerprint density at radius 3 is 2.27 bits per heavy atom. The molecule has 0 aromatic rings. The molecule has 0 radical (unpaired) electrons. The zero-order valence-electron chi connectivity index (χ0n) is 14.8. The van der Waals surface area contributed by atoms with Crippen LogP contribution in [-0.4, -0.2) is 39.9 Å². The molecule has 1 aliphatic heterocycles. The number of carbonyl (C=O) groups excluding carboxylic acids is 2. The van der Waals surface area contributed by atoms with Gasteiger partial charge < -0.3 is 9.47 Å². The lowest BCUT2D eigenvalue weighted by molar-refractivity contribution is -0.175. The first-order chi connectivity index (χ1) is 9.86. The molecule has 1 aliphatic rings. The highest BCUT2D eigenvalue weighted by molar-refractivity contribution is 8.04. The molecule has 0 aromatic heterocycles. The standard InChI is InChI=1S/C16H27NO4S/c1-10(2)22-12-11(3)20-9-17(13(12)18)16(7,8)14(19)21-15(4,5)6/h10H,9H2,1-8H3. The van der Waals surface area contributed by atoms with E-state index >= 15 is 0 Å². The highest BCUT2D eigenvalue weighted by Crippen LogP contribution is 2.33. The molecule has 0 bridgehead atoms. The summed E-state index contributed by atoms with van der Waals surface area (Å²) in [6.07, 6.45) is 0. The number of hydrogen-bond donors (Lipinski definition) is 0.